The summed E-state index contributed by atoms with van der Waals surface area (Å²) in [6.07, 6.45) is -1.42. The van der Waals surface area contributed by atoms with E-state index in [4.69, 9.17) is 4.98 Å². The number of aromatic nitrogens is 3. The minimum atomic E-state index is -4.45. The lowest BCUT2D eigenvalue weighted by molar-refractivity contribution is -0.137. The summed E-state index contributed by atoms with van der Waals surface area (Å²) in [4.78, 5) is 27.3. The number of aromatic amines is 1. The molecule has 6 nitrogen and oxygen atoms in total. The van der Waals surface area contributed by atoms with Gasteiger partial charge in [-0.1, -0.05) is 18.2 Å². The number of anilines is 2. The van der Waals surface area contributed by atoms with Gasteiger partial charge in [-0.2, -0.15) is 13.2 Å². The third-order valence-corrected chi connectivity index (χ3v) is 6.07. The first-order valence-electron chi connectivity index (χ1n) is 11.0. The zero-order valence-corrected chi connectivity index (χ0v) is 18.1. The Hall–Kier alpha value is -3.88. The van der Waals surface area contributed by atoms with Crippen LogP contribution in [-0.4, -0.2) is 38.8 Å². The minimum Gasteiger partial charge on any atom is -0.342 e. The Labute approximate surface area is 193 Å². The van der Waals surface area contributed by atoms with Crippen molar-refractivity contribution in [1.82, 2.24) is 19.9 Å². The lowest BCUT2D eigenvalue weighted by Gasteiger charge is -2.31. The van der Waals surface area contributed by atoms with Crippen molar-refractivity contribution in [1.29, 1.82) is 0 Å². The van der Waals surface area contributed by atoms with E-state index in [2.05, 4.69) is 15.3 Å². The van der Waals surface area contributed by atoms with E-state index in [0.29, 0.717) is 18.7 Å². The van der Waals surface area contributed by atoms with Crippen molar-refractivity contribution in [2.24, 2.45) is 0 Å². The van der Waals surface area contributed by atoms with Crippen LogP contribution in [0, 0.1) is 0 Å². The normalized spacial score (nSPS) is 15.0. The summed E-state index contributed by atoms with van der Waals surface area (Å²) in [6.45, 7) is 1.11. The van der Waals surface area contributed by atoms with Crippen molar-refractivity contribution in [2.45, 2.75) is 24.9 Å². The Bertz CT molecular complexity index is 1290. The third kappa shape index (κ3) is 4.46. The molecule has 2 N–H and O–H groups in total. The van der Waals surface area contributed by atoms with Crippen LogP contribution in [-0.2, 0) is 6.18 Å². The highest BCUT2D eigenvalue weighted by Crippen LogP contribution is 2.32. The number of piperidine rings is 1. The molecule has 4 aromatic rings. The number of nitrogens with zero attached hydrogens (tertiary/aromatic N) is 3. The zero-order chi connectivity index (χ0) is 23.7. The number of amides is 1. The van der Waals surface area contributed by atoms with Crippen molar-refractivity contribution in [3.8, 4) is 0 Å². The van der Waals surface area contributed by atoms with Gasteiger partial charge in [0.1, 0.15) is 11.6 Å². The van der Waals surface area contributed by atoms with E-state index in [-0.39, 0.29) is 23.3 Å². The maximum Gasteiger partial charge on any atom is 0.416 e. The fourth-order valence-electron chi connectivity index (χ4n) is 4.28. The van der Waals surface area contributed by atoms with Gasteiger partial charge in [0.2, 0.25) is 0 Å². The van der Waals surface area contributed by atoms with Gasteiger partial charge < -0.3 is 15.2 Å². The van der Waals surface area contributed by atoms with E-state index in [1.54, 1.807) is 17.0 Å². The first kappa shape index (κ1) is 21.9. The second-order valence-corrected chi connectivity index (χ2v) is 8.31. The van der Waals surface area contributed by atoms with Crippen LogP contribution >= 0.6 is 0 Å². The first-order chi connectivity index (χ1) is 16.4. The predicted octanol–water partition coefficient (Wildman–Crippen LogP) is 5.74. The average Bonchev–Trinajstić information content (AvgIpc) is 3.28. The number of halogens is 3. The van der Waals surface area contributed by atoms with Gasteiger partial charge in [0.05, 0.1) is 22.2 Å². The topological polar surface area (TPSA) is 73.9 Å². The quantitative estimate of drug-likeness (QED) is 0.403. The zero-order valence-electron chi connectivity index (χ0n) is 18.1. The van der Waals surface area contributed by atoms with E-state index in [9.17, 15) is 18.0 Å². The number of fused-ring (bicyclic) bond motifs is 1. The Balaban J connectivity index is 1.29. The van der Waals surface area contributed by atoms with Gasteiger partial charge in [-0.15, -0.1) is 0 Å². The van der Waals surface area contributed by atoms with E-state index in [1.165, 1.54) is 18.3 Å². The number of likely N-dealkylation sites (tertiary alicyclic amines) is 1. The van der Waals surface area contributed by atoms with Gasteiger partial charge >= 0.3 is 6.18 Å². The monoisotopic (exact) mass is 465 g/mol. The fourth-order valence-corrected chi connectivity index (χ4v) is 4.28. The molecule has 0 bridgehead atoms. The highest BCUT2D eigenvalue weighted by Gasteiger charge is 2.31. The molecule has 0 spiro atoms. The molecule has 2 aromatic heterocycles. The van der Waals surface area contributed by atoms with Gasteiger partial charge in [0.15, 0.2) is 0 Å². The van der Waals surface area contributed by atoms with Crippen molar-refractivity contribution < 1.29 is 18.0 Å². The molecule has 174 valence electrons. The number of hydrogen-bond donors (Lipinski definition) is 2. The largest absolute Gasteiger partial charge is 0.416 e. The van der Waals surface area contributed by atoms with Gasteiger partial charge in [-0.05, 0) is 55.3 Å². The molecule has 1 aliphatic rings. The molecular formula is C25H22F3N5O. The molecule has 1 aliphatic heterocycles. The maximum absolute atomic E-state index is 13.3. The molecule has 1 fully saturated rings. The summed E-state index contributed by atoms with van der Waals surface area (Å²) < 4.78 is 39.2. The highest BCUT2D eigenvalue weighted by atomic mass is 19.4. The molecule has 0 aliphatic carbocycles. The lowest BCUT2D eigenvalue weighted by Crippen LogP contribution is -2.38. The van der Waals surface area contributed by atoms with Crippen molar-refractivity contribution >= 4 is 28.4 Å². The number of imidazole rings is 1. The Kier molecular flexibility index (Phi) is 5.69. The van der Waals surface area contributed by atoms with Crippen molar-refractivity contribution in [3.05, 3.63) is 83.8 Å². The van der Waals surface area contributed by atoms with Crippen LogP contribution in [0.25, 0.3) is 11.0 Å². The summed E-state index contributed by atoms with van der Waals surface area (Å²) in [5, 5.41) is 2.88. The molecule has 5 rings (SSSR count). The fraction of sp³-hybridized carbons (Fsp3) is 0.240. The van der Waals surface area contributed by atoms with Crippen LogP contribution in [0.3, 0.4) is 0 Å². The predicted molar refractivity (Wildman–Crippen MR) is 123 cm³/mol. The molecule has 0 saturated carbocycles. The van der Waals surface area contributed by atoms with E-state index < -0.39 is 11.7 Å². The number of rotatable bonds is 4. The Morgan fingerprint density at radius 2 is 1.82 bits per heavy atom. The number of alkyl halides is 3. The number of para-hydroxylation sites is 2. The summed E-state index contributed by atoms with van der Waals surface area (Å²) in [5.41, 5.74) is 1.69. The second-order valence-electron chi connectivity index (χ2n) is 8.31. The molecule has 3 heterocycles. The van der Waals surface area contributed by atoms with E-state index >= 15 is 0 Å². The molecule has 34 heavy (non-hydrogen) atoms. The minimum absolute atomic E-state index is 0.203. The number of hydrogen-bond acceptors (Lipinski definition) is 4. The van der Waals surface area contributed by atoms with E-state index in [0.717, 1.165) is 41.8 Å². The van der Waals surface area contributed by atoms with Gasteiger partial charge in [-0.3, -0.25) is 4.79 Å². The molecule has 1 amide bonds. The molecule has 0 radical (unpaired) electrons. The second kappa shape index (κ2) is 8.81. The Morgan fingerprint density at radius 3 is 2.59 bits per heavy atom. The van der Waals surface area contributed by atoms with Crippen LogP contribution in [0.15, 0.2) is 66.9 Å². The molecule has 0 unspecified atom stereocenters. The molecule has 0 atom stereocenters. The third-order valence-electron chi connectivity index (χ3n) is 6.07. The van der Waals surface area contributed by atoms with Crippen LogP contribution < -0.4 is 5.32 Å². The lowest BCUT2D eigenvalue weighted by atomic mass is 9.95. The molecule has 1 saturated heterocycles. The number of H-pyrrole nitrogens is 1. The standard InChI is InChI=1S/C25H22F3N5O/c26-25(27,28)17-5-3-6-18(15-17)30-23-19(7-4-12-29-23)24(34)33-13-10-16(11-14-33)22-31-20-8-1-2-9-21(20)32-22/h1-9,12,15-16H,10-11,13-14H2,(H,29,30)(H,31,32). The average molecular weight is 465 g/mol. The van der Waals surface area contributed by atoms with Crippen LogP contribution in [0.4, 0.5) is 24.7 Å². The molecule has 9 heteroatoms. The first-order valence-corrected chi connectivity index (χ1v) is 11.0. The summed E-state index contributed by atoms with van der Waals surface area (Å²) in [7, 11) is 0. The SMILES string of the molecule is O=C(c1cccnc1Nc1cccc(C(F)(F)F)c1)N1CCC(c2nc3ccccc3[nH]2)CC1. The number of carbonyl (C=O) groups is 1. The molecule has 2 aromatic carbocycles. The number of carbonyl (C=O) groups excluding carboxylic acids is 1. The van der Waals surface area contributed by atoms with Crippen LogP contribution in [0.2, 0.25) is 0 Å². The van der Waals surface area contributed by atoms with Gasteiger partial charge in [0, 0.05) is 30.9 Å². The molecular weight excluding hydrogens is 443 g/mol. The van der Waals surface area contributed by atoms with Gasteiger partial charge in [0.25, 0.3) is 5.91 Å². The van der Waals surface area contributed by atoms with E-state index in [1.807, 2.05) is 24.3 Å². The summed E-state index contributed by atoms with van der Waals surface area (Å²) in [5.74, 6) is 1.19. The smallest absolute Gasteiger partial charge is 0.342 e. The highest BCUT2D eigenvalue weighted by molar-refractivity contribution is 5.99. The van der Waals surface area contributed by atoms with Crippen LogP contribution in [0.1, 0.15) is 40.5 Å². The number of nitrogens with one attached hydrogen (secondary N) is 2. The summed E-state index contributed by atoms with van der Waals surface area (Å²) in [6, 6.07) is 16.0. The van der Waals surface area contributed by atoms with Crippen molar-refractivity contribution in [3.63, 3.8) is 0 Å². The summed E-state index contributed by atoms with van der Waals surface area (Å²) >= 11 is 0. The number of pyridine rings is 1. The van der Waals surface area contributed by atoms with Crippen molar-refractivity contribution in [2.75, 3.05) is 18.4 Å². The number of benzene rings is 2. The maximum atomic E-state index is 13.3. The van der Waals surface area contributed by atoms with Gasteiger partial charge in [-0.25, -0.2) is 9.97 Å². The Morgan fingerprint density at radius 1 is 1.03 bits per heavy atom. The van der Waals surface area contributed by atoms with Crippen LogP contribution in [0.5, 0.6) is 0 Å².